The number of rotatable bonds is 0. The summed E-state index contributed by atoms with van der Waals surface area (Å²) in [5, 5.41) is 1.75. The molecule has 0 amide bonds. The van der Waals surface area contributed by atoms with Gasteiger partial charge in [0.05, 0.1) is 10.0 Å². The van der Waals surface area contributed by atoms with E-state index in [4.69, 9.17) is 40.5 Å². The minimum Gasteiger partial charge on any atom is -0.324 e. The molecule has 2 rings (SSSR count). The predicted molar refractivity (Wildman–Crippen MR) is 56.7 cm³/mol. The molecule has 0 heterocycles. The Kier molecular flexibility index (Phi) is 2.45. The fourth-order valence-corrected chi connectivity index (χ4v) is 2.64. The van der Waals surface area contributed by atoms with Crippen LogP contribution in [0.1, 0.15) is 23.6 Å². The van der Waals surface area contributed by atoms with Gasteiger partial charge in [0.1, 0.15) is 0 Å². The SMILES string of the molecule is N[C@H]1CCc2c(Cl)c(Cl)cc(Cl)c21. The van der Waals surface area contributed by atoms with E-state index in [1.807, 2.05) is 0 Å². The van der Waals surface area contributed by atoms with Gasteiger partial charge in [0.2, 0.25) is 0 Å². The van der Waals surface area contributed by atoms with Crippen LogP contribution in [-0.2, 0) is 6.42 Å². The minimum absolute atomic E-state index is 0.0114. The highest BCUT2D eigenvalue weighted by Crippen LogP contribution is 2.42. The van der Waals surface area contributed by atoms with Crippen molar-refractivity contribution in [1.82, 2.24) is 0 Å². The Balaban J connectivity index is 2.69. The summed E-state index contributed by atoms with van der Waals surface area (Å²) in [5.74, 6) is 0. The van der Waals surface area contributed by atoms with Crippen molar-refractivity contribution in [2.45, 2.75) is 18.9 Å². The maximum atomic E-state index is 6.03. The Labute approximate surface area is 91.8 Å². The molecule has 0 saturated heterocycles. The molecule has 1 aromatic carbocycles. The highest BCUT2D eigenvalue weighted by atomic mass is 35.5. The van der Waals surface area contributed by atoms with Gasteiger partial charge in [-0.2, -0.15) is 0 Å². The summed E-state index contributed by atoms with van der Waals surface area (Å²) in [7, 11) is 0. The van der Waals surface area contributed by atoms with Gasteiger partial charge in [-0.05, 0) is 30.0 Å². The smallest absolute Gasteiger partial charge is 0.0628 e. The summed E-state index contributed by atoms with van der Waals surface area (Å²) in [6.07, 6.45) is 1.77. The van der Waals surface area contributed by atoms with E-state index in [9.17, 15) is 0 Å². The number of hydrogen-bond acceptors (Lipinski definition) is 1. The summed E-state index contributed by atoms with van der Waals surface area (Å²) in [4.78, 5) is 0. The van der Waals surface area contributed by atoms with E-state index < -0.39 is 0 Å². The monoisotopic (exact) mass is 235 g/mol. The second kappa shape index (κ2) is 3.32. The highest BCUT2D eigenvalue weighted by Gasteiger charge is 2.25. The van der Waals surface area contributed by atoms with Crippen molar-refractivity contribution in [2.24, 2.45) is 5.73 Å². The molecule has 1 aliphatic carbocycles. The van der Waals surface area contributed by atoms with Crippen LogP contribution < -0.4 is 5.73 Å². The molecule has 0 aliphatic heterocycles. The fraction of sp³-hybridized carbons (Fsp3) is 0.333. The zero-order valence-electron chi connectivity index (χ0n) is 6.78. The minimum atomic E-state index is 0.0114. The van der Waals surface area contributed by atoms with Crippen molar-refractivity contribution in [1.29, 1.82) is 0 Å². The largest absolute Gasteiger partial charge is 0.324 e. The van der Waals surface area contributed by atoms with Crippen LogP contribution in [0, 0.1) is 0 Å². The average molecular weight is 237 g/mol. The molecule has 70 valence electrons. The third-order valence-electron chi connectivity index (χ3n) is 2.39. The highest BCUT2D eigenvalue weighted by molar-refractivity contribution is 6.44. The van der Waals surface area contributed by atoms with E-state index in [-0.39, 0.29) is 6.04 Å². The van der Waals surface area contributed by atoms with Gasteiger partial charge in [0.15, 0.2) is 0 Å². The van der Waals surface area contributed by atoms with Crippen LogP contribution in [-0.4, -0.2) is 0 Å². The lowest BCUT2D eigenvalue weighted by molar-refractivity contribution is 0.713. The molecule has 1 aliphatic rings. The normalized spacial score (nSPS) is 20.5. The van der Waals surface area contributed by atoms with Crippen LogP contribution >= 0.6 is 34.8 Å². The van der Waals surface area contributed by atoms with Gasteiger partial charge in [-0.25, -0.2) is 0 Å². The average Bonchev–Trinajstić information content (AvgIpc) is 2.44. The number of hydrogen-bond donors (Lipinski definition) is 1. The topological polar surface area (TPSA) is 26.0 Å². The fourth-order valence-electron chi connectivity index (χ4n) is 1.75. The number of fused-ring (bicyclic) bond motifs is 1. The first kappa shape index (κ1) is 9.60. The van der Waals surface area contributed by atoms with Gasteiger partial charge in [0, 0.05) is 11.1 Å². The van der Waals surface area contributed by atoms with E-state index in [1.165, 1.54) is 0 Å². The molecule has 4 heteroatoms. The first-order valence-corrected chi connectivity index (χ1v) is 5.16. The lowest BCUT2D eigenvalue weighted by Crippen LogP contribution is -2.05. The summed E-state index contributed by atoms with van der Waals surface area (Å²) < 4.78 is 0. The van der Waals surface area contributed by atoms with Crippen LogP contribution in [0.4, 0.5) is 0 Å². The van der Waals surface area contributed by atoms with E-state index in [0.29, 0.717) is 15.1 Å². The Bertz CT molecular complexity index is 362. The van der Waals surface area contributed by atoms with Crippen LogP contribution in [0.5, 0.6) is 0 Å². The second-order valence-electron chi connectivity index (χ2n) is 3.19. The first-order valence-electron chi connectivity index (χ1n) is 4.03. The maximum Gasteiger partial charge on any atom is 0.0628 e. The molecule has 0 saturated carbocycles. The lowest BCUT2D eigenvalue weighted by atomic mass is 10.1. The van der Waals surface area contributed by atoms with Crippen molar-refractivity contribution in [3.05, 3.63) is 32.3 Å². The predicted octanol–water partition coefficient (Wildman–Crippen LogP) is 3.59. The quantitative estimate of drug-likeness (QED) is 0.685. The molecule has 1 nitrogen and oxygen atoms in total. The Morgan fingerprint density at radius 3 is 2.62 bits per heavy atom. The van der Waals surface area contributed by atoms with Gasteiger partial charge in [0.25, 0.3) is 0 Å². The summed E-state index contributed by atoms with van der Waals surface area (Å²) >= 11 is 17.9. The lowest BCUT2D eigenvalue weighted by Gasteiger charge is -2.09. The molecule has 0 spiro atoms. The van der Waals surface area contributed by atoms with Crippen LogP contribution in [0.15, 0.2) is 6.07 Å². The number of halogens is 3. The molecule has 1 aromatic rings. The van der Waals surface area contributed by atoms with Crippen molar-refractivity contribution >= 4 is 34.8 Å². The molecule has 13 heavy (non-hydrogen) atoms. The summed E-state index contributed by atoms with van der Waals surface area (Å²) in [5.41, 5.74) is 7.87. The maximum absolute atomic E-state index is 6.03. The van der Waals surface area contributed by atoms with E-state index in [0.717, 1.165) is 24.0 Å². The van der Waals surface area contributed by atoms with Crippen LogP contribution in [0.2, 0.25) is 15.1 Å². The molecule has 0 bridgehead atoms. The van der Waals surface area contributed by atoms with Crippen LogP contribution in [0.3, 0.4) is 0 Å². The summed E-state index contributed by atoms with van der Waals surface area (Å²) in [6.45, 7) is 0. The Morgan fingerprint density at radius 1 is 1.23 bits per heavy atom. The molecule has 0 fully saturated rings. The van der Waals surface area contributed by atoms with E-state index in [1.54, 1.807) is 6.07 Å². The van der Waals surface area contributed by atoms with Crippen molar-refractivity contribution in [2.75, 3.05) is 0 Å². The molecule has 0 aromatic heterocycles. The number of benzene rings is 1. The van der Waals surface area contributed by atoms with Gasteiger partial charge >= 0.3 is 0 Å². The zero-order valence-corrected chi connectivity index (χ0v) is 9.05. The number of nitrogens with two attached hydrogens (primary N) is 1. The second-order valence-corrected chi connectivity index (χ2v) is 4.38. The van der Waals surface area contributed by atoms with Crippen molar-refractivity contribution in [3.63, 3.8) is 0 Å². The van der Waals surface area contributed by atoms with Gasteiger partial charge < -0.3 is 5.73 Å². The standard InChI is InChI=1S/C9H8Cl3N/c10-5-3-6(11)9(12)4-1-2-7(13)8(4)5/h3,7H,1-2,13H2/t7-/m0/s1. The third-order valence-corrected chi connectivity index (χ3v) is 3.53. The molecule has 0 radical (unpaired) electrons. The Hall–Kier alpha value is 0.0500. The molecular weight excluding hydrogens is 228 g/mol. The molecule has 2 N–H and O–H groups in total. The third kappa shape index (κ3) is 1.44. The van der Waals surface area contributed by atoms with Crippen molar-refractivity contribution < 1.29 is 0 Å². The van der Waals surface area contributed by atoms with Gasteiger partial charge in [-0.3, -0.25) is 0 Å². The molecular formula is C9H8Cl3N. The van der Waals surface area contributed by atoms with E-state index in [2.05, 4.69) is 0 Å². The van der Waals surface area contributed by atoms with Gasteiger partial charge in [-0.15, -0.1) is 0 Å². The Morgan fingerprint density at radius 2 is 1.92 bits per heavy atom. The van der Waals surface area contributed by atoms with Gasteiger partial charge in [-0.1, -0.05) is 34.8 Å². The first-order chi connectivity index (χ1) is 6.11. The van der Waals surface area contributed by atoms with Crippen LogP contribution in [0.25, 0.3) is 0 Å². The molecule has 1 atom stereocenters. The zero-order chi connectivity index (χ0) is 9.59. The van der Waals surface area contributed by atoms with Crippen molar-refractivity contribution in [3.8, 4) is 0 Å². The molecule has 0 unspecified atom stereocenters. The summed E-state index contributed by atoms with van der Waals surface area (Å²) in [6, 6.07) is 1.67. The van der Waals surface area contributed by atoms with E-state index >= 15 is 0 Å².